The fourth-order valence-electron chi connectivity index (χ4n) is 2.56. The predicted octanol–water partition coefficient (Wildman–Crippen LogP) is 2.79. The first kappa shape index (κ1) is 15.5. The number of nitrogens with one attached hydrogen (secondary N) is 1. The van der Waals surface area contributed by atoms with E-state index in [0.717, 1.165) is 18.7 Å². The Morgan fingerprint density at radius 3 is 2.96 bits per heavy atom. The van der Waals surface area contributed by atoms with E-state index in [4.69, 9.17) is 11.6 Å². The first-order valence-corrected chi connectivity index (χ1v) is 7.68. The first-order chi connectivity index (χ1) is 11.1. The summed E-state index contributed by atoms with van der Waals surface area (Å²) in [7, 11) is 1.98. The van der Waals surface area contributed by atoms with Crippen LogP contribution in [0.2, 0.25) is 5.15 Å². The number of nitrogens with zero attached hydrogens (tertiary/aromatic N) is 5. The van der Waals surface area contributed by atoms with E-state index in [0.29, 0.717) is 16.8 Å². The van der Waals surface area contributed by atoms with Crippen molar-refractivity contribution in [2.45, 2.75) is 19.4 Å². The van der Waals surface area contributed by atoms with Gasteiger partial charge in [0.25, 0.3) is 0 Å². The maximum atomic E-state index is 12.8. The molecule has 3 rings (SSSR count). The number of anilines is 3. The smallest absolute Gasteiger partial charge is 0.329 e. The molecule has 1 atom stereocenters. The molecule has 1 aliphatic rings. The molecule has 2 aromatic heterocycles. The minimum absolute atomic E-state index is 0.0265. The summed E-state index contributed by atoms with van der Waals surface area (Å²) >= 11 is 6.05. The Morgan fingerprint density at radius 2 is 2.22 bits per heavy atom. The number of amides is 2. The normalized spacial score (nSPS) is 17.4. The number of halogens is 1. The van der Waals surface area contributed by atoms with E-state index >= 15 is 0 Å². The average molecular weight is 333 g/mol. The molecule has 23 heavy (non-hydrogen) atoms. The minimum Gasteiger partial charge on any atom is -0.372 e. The number of carbonyl (C=O) groups is 1. The highest BCUT2D eigenvalue weighted by Crippen LogP contribution is 2.33. The molecule has 1 aliphatic heterocycles. The summed E-state index contributed by atoms with van der Waals surface area (Å²) in [5.41, 5.74) is 0.869. The number of pyridine rings is 1. The highest BCUT2D eigenvalue weighted by atomic mass is 35.5. The second kappa shape index (κ2) is 6.37. The van der Waals surface area contributed by atoms with E-state index in [9.17, 15) is 4.79 Å². The zero-order valence-corrected chi connectivity index (χ0v) is 13.7. The summed E-state index contributed by atoms with van der Waals surface area (Å²) in [4.78, 5) is 28.8. The molecule has 0 fully saturated rings. The van der Waals surface area contributed by atoms with Gasteiger partial charge in [-0.3, -0.25) is 15.2 Å². The Morgan fingerprint density at radius 1 is 1.39 bits per heavy atom. The van der Waals surface area contributed by atoms with Gasteiger partial charge in [0.1, 0.15) is 5.15 Å². The van der Waals surface area contributed by atoms with Gasteiger partial charge >= 0.3 is 6.03 Å². The molecule has 7 nitrogen and oxygen atoms in total. The zero-order valence-electron chi connectivity index (χ0n) is 12.9. The second-order valence-electron chi connectivity index (χ2n) is 5.43. The Labute approximate surface area is 139 Å². The standard InChI is InChI=1S/C15H17ClN6O/c1-10-5-8-21(2)11-3-4-12(16)19-14(11)22(10)15(23)20-13-9-17-6-7-18-13/h3-4,6-7,9-10H,5,8H2,1-2H3,(H,18,20,23)/t10-/m1/s1. The molecule has 120 valence electrons. The van der Waals surface area contributed by atoms with E-state index < -0.39 is 0 Å². The molecule has 0 unspecified atom stereocenters. The van der Waals surface area contributed by atoms with Crippen LogP contribution in [0.5, 0.6) is 0 Å². The summed E-state index contributed by atoms with van der Waals surface area (Å²) in [6, 6.07) is 3.28. The van der Waals surface area contributed by atoms with Crippen LogP contribution >= 0.6 is 11.6 Å². The lowest BCUT2D eigenvalue weighted by Crippen LogP contribution is -2.42. The van der Waals surface area contributed by atoms with Crippen LogP contribution in [0.4, 0.5) is 22.1 Å². The Bertz CT molecular complexity index is 710. The lowest BCUT2D eigenvalue weighted by molar-refractivity contribution is 0.255. The van der Waals surface area contributed by atoms with E-state index in [1.54, 1.807) is 17.2 Å². The topological polar surface area (TPSA) is 74.2 Å². The third-order valence-corrected chi connectivity index (χ3v) is 4.01. The molecule has 0 saturated carbocycles. The zero-order chi connectivity index (χ0) is 16.4. The number of fused-ring (bicyclic) bond motifs is 1. The number of aromatic nitrogens is 3. The fourth-order valence-corrected chi connectivity index (χ4v) is 2.70. The summed E-state index contributed by atoms with van der Waals surface area (Å²) in [6.07, 6.45) is 5.39. The third kappa shape index (κ3) is 3.19. The Kier molecular flexibility index (Phi) is 4.29. The molecule has 2 amide bonds. The highest BCUT2D eigenvalue weighted by molar-refractivity contribution is 6.29. The molecule has 0 aliphatic carbocycles. The lowest BCUT2D eigenvalue weighted by Gasteiger charge is -2.27. The Hall–Kier alpha value is -2.41. The van der Waals surface area contributed by atoms with Gasteiger partial charge in [0.15, 0.2) is 11.6 Å². The van der Waals surface area contributed by atoms with Crippen LogP contribution in [0.15, 0.2) is 30.7 Å². The molecule has 2 aromatic rings. The van der Waals surface area contributed by atoms with Crippen molar-refractivity contribution in [1.29, 1.82) is 0 Å². The van der Waals surface area contributed by atoms with Crippen LogP contribution in [-0.2, 0) is 0 Å². The summed E-state index contributed by atoms with van der Waals surface area (Å²) in [6.45, 7) is 2.81. The van der Waals surface area contributed by atoms with Crippen molar-refractivity contribution in [3.8, 4) is 0 Å². The molecule has 3 heterocycles. The van der Waals surface area contributed by atoms with Crippen LogP contribution < -0.4 is 15.1 Å². The van der Waals surface area contributed by atoms with Crippen LogP contribution in [-0.4, -0.2) is 40.6 Å². The van der Waals surface area contributed by atoms with E-state index in [2.05, 4.69) is 25.2 Å². The van der Waals surface area contributed by atoms with Crippen molar-refractivity contribution < 1.29 is 4.79 Å². The maximum Gasteiger partial charge on any atom is 0.329 e. The van der Waals surface area contributed by atoms with Crippen molar-refractivity contribution in [3.05, 3.63) is 35.9 Å². The number of rotatable bonds is 1. The van der Waals surface area contributed by atoms with Gasteiger partial charge in [-0.2, -0.15) is 0 Å². The van der Waals surface area contributed by atoms with Gasteiger partial charge in [0.2, 0.25) is 0 Å². The molecule has 1 N–H and O–H groups in total. The molecule has 0 spiro atoms. The molecular formula is C15H17ClN6O. The summed E-state index contributed by atoms with van der Waals surface area (Å²) in [5, 5.41) is 3.11. The van der Waals surface area contributed by atoms with Gasteiger partial charge in [0.05, 0.1) is 11.9 Å². The van der Waals surface area contributed by atoms with E-state index in [1.807, 2.05) is 20.0 Å². The molecule has 0 radical (unpaired) electrons. The van der Waals surface area contributed by atoms with Gasteiger partial charge in [-0.1, -0.05) is 11.6 Å². The van der Waals surface area contributed by atoms with Crippen LogP contribution in [0.1, 0.15) is 13.3 Å². The van der Waals surface area contributed by atoms with Crippen molar-refractivity contribution >= 4 is 35.0 Å². The predicted molar refractivity (Wildman–Crippen MR) is 90.1 cm³/mol. The van der Waals surface area contributed by atoms with Crippen LogP contribution in [0.3, 0.4) is 0 Å². The van der Waals surface area contributed by atoms with E-state index in [1.165, 1.54) is 12.4 Å². The van der Waals surface area contributed by atoms with Crippen molar-refractivity contribution in [1.82, 2.24) is 15.0 Å². The lowest BCUT2D eigenvalue weighted by atomic mass is 10.2. The molecule has 0 saturated heterocycles. The first-order valence-electron chi connectivity index (χ1n) is 7.30. The fraction of sp³-hybridized carbons (Fsp3) is 0.333. The second-order valence-corrected chi connectivity index (χ2v) is 5.81. The van der Waals surface area contributed by atoms with Crippen molar-refractivity contribution in [3.63, 3.8) is 0 Å². The van der Waals surface area contributed by atoms with Crippen LogP contribution in [0, 0.1) is 0 Å². The quantitative estimate of drug-likeness (QED) is 0.813. The molecular weight excluding hydrogens is 316 g/mol. The van der Waals surface area contributed by atoms with Gasteiger partial charge < -0.3 is 4.90 Å². The SMILES string of the molecule is C[C@@H]1CCN(C)c2ccc(Cl)nc2N1C(=O)Nc1cnccn1. The summed E-state index contributed by atoms with van der Waals surface area (Å²) in [5.74, 6) is 0.942. The number of carbonyl (C=O) groups excluding carboxylic acids is 1. The summed E-state index contributed by atoms with van der Waals surface area (Å²) < 4.78 is 0. The third-order valence-electron chi connectivity index (χ3n) is 3.80. The van der Waals surface area contributed by atoms with Gasteiger partial charge in [0, 0.05) is 32.0 Å². The Balaban J connectivity index is 1.97. The van der Waals surface area contributed by atoms with Crippen molar-refractivity contribution in [2.75, 3.05) is 28.7 Å². The molecule has 0 aromatic carbocycles. The monoisotopic (exact) mass is 332 g/mol. The van der Waals surface area contributed by atoms with E-state index in [-0.39, 0.29) is 12.1 Å². The minimum atomic E-state index is -0.302. The molecule has 8 heteroatoms. The number of hydrogen-bond donors (Lipinski definition) is 1. The average Bonchev–Trinajstić information content (AvgIpc) is 2.65. The largest absolute Gasteiger partial charge is 0.372 e. The number of urea groups is 1. The maximum absolute atomic E-state index is 12.8. The molecule has 0 bridgehead atoms. The van der Waals surface area contributed by atoms with Crippen molar-refractivity contribution in [2.24, 2.45) is 0 Å². The van der Waals surface area contributed by atoms with Gasteiger partial charge in [-0.15, -0.1) is 0 Å². The van der Waals surface area contributed by atoms with Gasteiger partial charge in [-0.25, -0.2) is 14.8 Å². The van der Waals surface area contributed by atoms with Crippen LogP contribution in [0.25, 0.3) is 0 Å². The number of hydrogen-bond acceptors (Lipinski definition) is 5. The highest BCUT2D eigenvalue weighted by Gasteiger charge is 2.30. The van der Waals surface area contributed by atoms with Gasteiger partial charge in [-0.05, 0) is 25.5 Å².